The Hall–Kier alpha value is -3.30. The Kier molecular flexibility index (Phi) is 4.71. The van der Waals surface area contributed by atoms with Gasteiger partial charge >= 0.3 is 0 Å². The molecule has 0 amide bonds. The summed E-state index contributed by atoms with van der Waals surface area (Å²) in [6, 6.07) is 5.88. The highest BCUT2D eigenvalue weighted by Gasteiger charge is 2.28. The number of imidazole rings is 1. The van der Waals surface area contributed by atoms with Crippen LogP contribution in [0.3, 0.4) is 0 Å². The number of alkyl halides is 2. The summed E-state index contributed by atoms with van der Waals surface area (Å²) in [5, 5.41) is 11.2. The molecule has 0 unspecified atom stereocenters. The van der Waals surface area contributed by atoms with E-state index in [0.29, 0.717) is 46.4 Å². The molecule has 1 saturated carbocycles. The van der Waals surface area contributed by atoms with E-state index < -0.39 is 13.0 Å². The van der Waals surface area contributed by atoms with Gasteiger partial charge in [-0.3, -0.25) is 0 Å². The Morgan fingerprint density at radius 2 is 1.97 bits per heavy atom. The first kappa shape index (κ1) is 19.7. The third-order valence-corrected chi connectivity index (χ3v) is 5.81. The molecule has 1 fully saturated rings. The van der Waals surface area contributed by atoms with Crippen molar-refractivity contribution in [2.75, 3.05) is 17.7 Å². The van der Waals surface area contributed by atoms with Gasteiger partial charge in [0.25, 0.3) is 6.43 Å². The van der Waals surface area contributed by atoms with Gasteiger partial charge in [0.05, 0.1) is 12.2 Å². The van der Waals surface area contributed by atoms with Crippen LogP contribution in [0.25, 0.3) is 27.9 Å². The molecule has 4 aromatic heterocycles. The largest absolute Gasteiger partial charge is 0.371 e. The van der Waals surface area contributed by atoms with E-state index in [1.165, 1.54) is 17.4 Å². The Morgan fingerprint density at radius 1 is 1.16 bits per heavy atom. The molecule has 5 rings (SSSR count). The van der Waals surface area contributed by atoms with Crippen molar-refractivity contribution in [2.24, 2.45) is 5.92 Å². The third-order valence-electron chi connectivity index (χ3n) is 5.81. The topological polar surface area (TPSA) is 85.0 Å². The van der Waals surface area contributed by atoms with Crippen LogP contribution >= 0.6 is 0 Å². The molecule has 162 valence electrons. The molecule has 4 heterocycles. The van der Waals surface area contributed by atoms with Gasteiger partial charge in [-0.25, -0.2) is 23.3 Å². The van der Waals surface area contributed by atoms with Crippen LogP contribution in [0.5, 0.6) is 0 Å². The second-order valence-electron chi connectivity index (χ2n) is 8.03. The van der Waals surface area contributed by atoms with E-state index in [0.717, 1.165) is 11.1 Å². The van der Waals surface area contributed by atoms with Crippen LogP contribution in [0, 0.1) is 12.8 Å². The summed E-state index contributed by atoms with van der Waals surface area (Å²) in [4.78, 5) is 13.7. The summed E-state index contributed by atoms with van der Waals surface area (Å²) >= 11 is 0. The van der Waals surface area contributed by atoms with Gasteiger partial charge < -0.3 is 15.2 Å². The summed E-state index contributed by atoms with van der Waals surface area (Å²) in [5.41, 5.74) is 3.28. The van der Waals surface area contributed by atoms with Crippen LogP contribution in [0.15, 0.2) is 24.4 Å². The molecule has 1 aliphatic carbocycles. The Labute approximate surface area is 177 Å². The molecule has 0 radical (unpaired) electrons. The highest BCUT2D eigenvalue weighted by molar-refractivity contribution is 5.89. The van der Waals surface area contributed by atoms with E-state index >= 15 is 0 Å². The van der Waals surface area contributed by atoms with Crippen molar-refractivity contribution < 1.29 is 8.78 Å². The average Bonchev–Trinajstić information content (AvgIpc) is 3.44. The lowest BCUT2D eigenvalue weighted by molar-refractivity contribution is 0.127. The van der Waals surface area contributed by atoms with Crippen molar-refractivity contribution in [3.63, 3.8) is 0 Å². The lowest BCUT2D eigenvalue weighted by atomic mass is 10.2. The number of nitrogens with one attached hydrogen (secondary N) is 2. The number of hydrogen-bond donors (Lipinski definition) is 2. The summed E-state index contributed by atoms with van der Waals surface area (Å²) in [5.74, 6) is 2.42. The van der Waals surface area contributed by atoms with Crippen molar-refractivity contribution in [2.45, 2.75) is 45.7 Å². The van der Waals surface area contributed by atoms with Gasteiger partial charge in [-0.05, 0) is 50.8 Å². The van der Waals surface area contributed by atoms with Gasteiger partial charge in [-0.2, -0.15) is 4.98 Å². The monoisotopic (exact) mass is 426 g/mol. The number of aromatic nitrogens is 6. The lowest BCUT2D eigenvalue weighted by Crippen LogP contribution is -2.20. The quantitative estimate of drug-likeness (QED) is 0.465. The van der Waals surface area contributed by atoms with Gasteiger partial charge in [-0.15, -0.1) is 5.10 Å². The van der Waals surface area contributed by atoms with Crippen LogP contribution in [0.2, 0.25) is 0 Å². The number of anilines is 2. The minimum atomic E-state index is -2.48. The number of pyridine rings is 1. The molecule has 10 heteroatoms. The first-order valence-corrected chi connectivity index (χ1v) is 10.4. The highest BCUT2D eigenvalue weighted by atomic mass is 19.3. The van der Waals surface area contributed by atoms with Crippen molar-refractivity contribution in [3.8, 4) is 11.3 Å². The molecule has 0 spiro atoms. The zero-order chi connectivity index (χ0) is 21.7. The second kappa shape index (κ2) is 7.44. The maximum Gasteiger partial charge on any atom is 0.256 e. The van der Waals surface area contributed by atoms with Crippen molar-refractivity contribution in [1.82, 2.24) is 29.1 Å². The number of hydrogen-bond acceptors (Lipinski definition) is 6. The van der Waals surface area contributed by atoms with Gasteiger partial charge in [0, 0.05) is 24.8 Å². The Balaban J connectivity index is 1.59. The zero-order valence-corrected chi connectivity index (χ0v) is 17.6. The van der Waals surface area contributed by atoms with Gasteiger partial charge in [0.1, 0.15) is 16.9 Å². The summed E-state index contributed by atoms with van der Waals surface area (Å²) in [7, 11) is 1.81. The van der Waals surface area contributed by atoms with E-state index in [9.17, 15) is 8.78 Å². The first-order valence-electron chi connectivity index (χ1n) is 10.4. The van der Waals surface area contributed by atoms with E-state index in [-0.39, 0.29) is 0 Å². The van der Waals surface area contributed by atoms with E-state index in [1.54, 1.807) is 11.4 Å². The third kappa shape index (κ3) is 3.55. The van der Waals surface area contributed by atoms with E-state index in [2.05, 4.69) is 37.6 Å². The number of rotatable bonds is 7. The first-order chi connectivity index (χ1) is 14.9. The predicted octanol–water partition coefficient (Wildman–Crippen LogP) is 3.97. The molecular formula is C21H24F2N8. The summed E-state index contributed by atoms with van der Waals surface area (Å²) < 4.78 is 29.3. The number of halogens is 2. The van der Waals surface area contributed by atoms with Gasteiger partial charge in [-0.1, -0.05) is 0 Å². The number of nitrogens with zero attached hydrogens (tertiary/aromatic N) is 6. The van der Waals surface area contributed by atoms with Crippen LogP contribution < -0.4 is 10.6 Å². The van der Waals surface area contributed by atoms with E-state index in [1.807, 2.05) is 31.4 Å². The van der Waals surface area contributed by atoms with Crippen LogP contribution in [-0.2, 0) is 6.54 Å². The summed E-state index contributed by atoms with van der Waals surface area (Å²) in [6.45, 7) is 3.42. The Bertz CT molecular complexity index is 1260. The van der Waals surface area contributed by atoms with Gasteiger partial charge in [0.2, 0.25) is 5.95 Å². The molecule has 4 aromatic rings. The van der Waals surface area contributed by atoms with Crippen LogP contribution in [0.1, 0.15) is 25.6 Å². The second-order valence-corrected chi connectivity index (χ2v) is 8.03. The average molecular weight is 426 g/mol. The van der Waals surface area contributed by atoms with Crippen molar-refractivity contribution in [3.05, 3.63) is 30.2 Å². The Morgan fingerprint density at radius 3 is 2.68 bits per heavy atom. The molecule has 2 N–H and O–H groups in total. The maximum absolute atomic E-state index is 13.1. The molecule has 31 heavy (non-hydrogen) atoms. The minimum absolute atomic E-state index is 0.319. The van der Waals surface area contributed by atoms with Gasteiger partial charge in [0.15, 0.2) is 11.5 Å². The standard InChI is InChI=1S/C21H24F2N8/c1-11(13-4-5-13)25-21-28-19(24-3)18-14(8-9-31(18)29-21)15-6-7-16-20(27-15)30(10-17(22)23)12(2)26-16/h6-9,11,13,17H,4-5,10H2,1-3H3,(H2,24,25,28,29)/t11-/m1/s1. The normalized spacial score (nSPS) is 15.2. The zero-order valence-electron chi connectivity index (χ0n) is 17.6. The molecule has 0 aliphatic heterocycles. The minimum Gasteiger partial charge on any atom is -0.371 e. The van der Waals surface area contributed by atoms with Crippen molar-refractivity contribution in [1.29, 1.82) is 0 Å². The molecule has 0 bridgehead atoms. The smallest absolute Gasteiger partial charge is 0.256 e. The molecule has 0 aromatic carbocycles. The molecule has 1 atom stereocenters. The molecule has 1 aliphatic rings. The summed E-state index contributed by atoms with van der Waals surface area (Å²) in [6.07, 6.45) is 1.84. The maximum atomic E-state index is 13.1. The molecule has 0 saturated heterocycles. The van der Waals surface area contributed by atoms with Crippen LogP contribution in [-0.4, -0.2) is 48.6 Å². The molecular weight excluding hydrogens is 402 g/mol. The van der Waals surface area contributed by atoms with Crippen LogP contribution in [0.4, 0.5) is 20.5 Å². The van der Waals surface area contributed by atoms with Crippen molar-refractivity contribution >= 4 is 28.4 Å². The molecule has 8 nitrogen and oxygen atoms in total. The fourth-order valence-electron chi connectivity index (χ4n) is 4.01. The predicted molar refractivity (Wildman–Crippen MR) is 116 cm³/mol. The number of fused-ring (bicyclic) bond motifs is 2. The fraction of sp³-hybridized carbons (Fsp3) is 0.429. The SMILES string of the molecule is CNc1nc(N[C@H](C)C2CC2)nn2ccc(-c3ccc4nc(C)n(CC(F)F)c4n3)c12. The highest BCUT2D eigenvalue weighted by Crippen LogP contribution is 2.34. The fourth-order valence-corrected chi connectivity index (χ4v) is 4.01. The lowest BCUT2D eigenvalue weighted by Gasteiger charge is -2.14. The van der Waals surface area contributed by atoms with E-state index in [4.69, 9.17) is 0 Å². The number of aryl methyl sites for hydroxylation is 1.